The predicted molar refractivity (Wildman–Crippen MR) is 134 cm³/mol. The highest BCUT2D eigenvalue weighted by Crippen LogP contribution is 2.77. The molecule has 1 N–H and O–H groups in total. The Morgan fingerprint density at radius 3 is 1.88 bits per heavy atom. The Balaban J connectivity index is 1.52. The zero-order valence-corrected chi connectivity index (χ0v) is 22.0. The summed E-state index contributed by atoms with van der Waals surface area (Å²) < 4.78 is -0.369. The maximum atomic E-state index is 13.5. The zero-order valence-electron chi connectivity index (χ0n) is 17.5. The van der Waals surface area contributed by atoms with Gasteiger partial charge in [0.05, 0.1) is 27.6 Å². The van der Waals surface area contributed by atoms with Crippen molar-refractivity contribution in [1.82, 2.24) is 4.68 Å². The topological polar surface area (TPSA) is 71.4 Å². The molecule has 0 spiro atoms. The van der Waals surface area contributed by atoms with Gasteiger partial charge in [-0.2, -0.15) is 0 Å². The minimum Gasteiger partial charge on any atom is -0.274 e. The number of rotatable bonds is 3. The smallest absolute Gasteiger partial charge is 0.270 e. The molecule has 2 heterocycles. The molecule has 34 heavy (non-hydrogen) atoms. The number of amides is 3. The van der Waals surface area contributed by atoms with Crippen LogP contribution in [0.25, 0.3) is 0 Å². The van der Waals surface area contributed by atoms with Crippen LogP contribution in [0.1, 0.15) is 21.7 Å². The van der Waals surface area contributed by atoms with E-state index in [0.717, 1.165) is 16.3 Å². The van der Waals surface area contributed by atoms with Crippen molar-refractivity contribution < 1.29 is 14.4 Å². The Kier molecular flexibility index (Phi) is 5.39. The lowest BCUT2D eigenvalue weighted by Gasteiger charge is -2.34. The van der Waals surface area contributed by atoms with Gasteiger partial charge in [0.1, 0.15) is 9.75 Å². The van der Waals surface area contributed by atoms with Gasteiger partial charge in [0, 0.05) is 17.0 Å². The number of anilines is 1. The molecule has 6 nitrogen and oxygen atoms in total. The van der Waals surface area contributed by atoms with Crippen molar-refractivity contribution in [3.63, 3.8) is 0 Å². The maximum absolute atomic E-state index is 13.5. The number of fused-ring (bicyclic) bond motifs is 5. The minimum atomic E-state index is -2.00. The van der Waals surface area contributed by atoms with E-state index in [1.54, 1.807) is 16.8 Å². The number of imide groups is 1. The lowest BCUT2D eigenvalue weighted by molar-refractivity contribution is -0.123. The van der Waals surface area contributed by atoms with Crippen LogP contribution < -0.4 is 10.3 Å². The van der Waals surface area contributed by atoms with Gasteiger partial charge >= 0.3 is 0 Å². The summed E-state index contributed by atoms with van der Waals surface area (Å²) in [5.41, 5.74) is 4.85. The lowest BCUT2D eigenvalue weighted by Crippen LogP contribution is -2.50. The van der Waals surface area contributed by atoms with Gasteiger partial charge in [-0.1, -0.05) is 52.5 Å². The number of carbonyl (C=O) groups is 3. The molecule has 5 rings (SSSR count). The van der Waals surface area contributed by atoms with E-state index >= 15 is 0 Å². The van der Waals surface area contributed by atoms with E-state index < -0.39 is 43.6 Å². The molecule has 2 aliphatic carbocycles. The van der Waals surface area contributed by atoms with Crippen LogP contribution in [-0.4, -0.2) is 36.5 Å². The number of nitrogens with one attached hydrogen (secondary N) is 1. The van der Waals surface area contributed by atoms with Crippen molar-refractivity contribution in [2.75, 3.05) is 10.3 Å². The van der Waals surface area contributed by atoms with Crippen molar-refractivity contribution in [1.29, 1.82) is 0 Å². The first-order chi connectivity index (χ1) is 15.8. The predicted octanol–water partition coefficient (Wildman–Crippen LogP) is 5.44. The monoisotopic (exact) mass is 579 g/mol. The molecule has 1 saturated carbocycles. The van der Waals surface area contributed by atoms with Crippen LogP contribution in [0.3, 0.4) is 0 Å². The van der Waals surface area contributed by atoms with Gasteiger partial charge in [0.2, 0.25) is 11.8 Å². The standard InChI is InChI=1S/C22H15Cl6N3O3/c1-9-6-7-10(2)31(9)29-17(32)11-4-3-5-12(8-11)30-18(33)13-14(19(30)34)21(26)16(24)15(23)20(13,25)22(21,27)28/h3-8,13-14H,1-2H3,(H,29,32)/t13-,14-,20+,21+/m0/s1. The minimum absolute atomic E-state index is 0.161. The number of aromatic nitrogens is 1. The highest BCUT2D eigenvalue weighted by Gasteiger charge is 2.87. The molecule has 1 aliphatic heterocycles. The fraction of sp³-hybridized carbons (Fsp3) is 0.318. The van der Waals surface area contributed by atoms with E-state index in [0.29, 0.717) is 0 Å². The molecule has 3 amide bonds. The van der Waals surface area contributed by atoms with Crippen LogP contribution in [0.15, 0.2) is 46.5 Å². The molecule has 1 saturated heterocycles. The number of hydrogen-bond donors (Lipinski definition) is 1. The number of aryl methyl sites for hydroxylation is 2. The third-order valence-electron chi connectivity index (χ3n) is 6.76. The van der Waals surface area contributed by atoms with Crippen LogP contribution in [0.2, 0.25) is 0 Å². The zero-order chi connectivity index (χ0) is 25.0. The molecular formula is C22H15Cl6N3O3. The van der Waals surface area contributed by atoms with Gasteiger partial charge < -0.3 is 0 Å². The molecule has 3 aliphatic rings. The number of alkyl halides is 4. The number of allylic oxidation sites excluding steroid dienone is 2. The van der Waals surface area contributed by atoms with E-state index in [1.165, 1.54) is 12.1 Å². The Morgan fingerprint density at radius 2 is 1.38 bits per heavy atom. The van der Waals surface area contributed by atoms with E-state index in [2.05, 4.69) is 5.43 Å². The Hall–Kier alpha value is -1.41. The third kappa shape index (κ3) is 2.70. The maximum Gasteiger partial charge on any atom is 0.270 e. The Bertz CT molecular complexity index is 1270. The van der Waals surface area contributed by atoms with Crippen LogP contribution in [-0.2, 0) is 9.59 Å². The van der Waals surface area contributed by atoms with Crippen LogP contribution in [0.4, 0.5) is 5.69 Å². The molecule has 2 aromatic rings. The van der Waals surface area contributed by atoms with Gasteiger partial charge in [-0.15, -0.1) is 23.2 Å². The summed E-state index contributed by atoms with van der Waals surface area (Å²) in [5, 5.41) is -0.323. The summed E-state index contributed by atoms with van der Waals surface area (Å²) in [6.07, 6.45) is 0. The second-order valence-corrected chi connectivity index (χ2v) is 11.8. The average Bonchev–Trinajstić information content (AvgIpc) is 3.33. The fourth-order valence-corrected chi connectivity index (χ4v) is 7.98. The van der Waals surface area contributed by atoms with Gasteiger partial charge in [-0.05, 0) is 44.2 Å². The van der Waals surface area contributed by atoms with Crippen LogP contribution in [0, 0.1) is 25.7 Å². The SMILES string of the molecule is Cc1ccc(C)n1NC(=O)c1cccc(N2C(=O)[C@@H]3[C@@H](C2=O)[C@@]2(Cl)C(Cl)=C(Cl)[C@@]3(Cl)C2(Cl)Cl)c1. The van der Waals surface area contributed by atoms with Crippen LogP contribution in [0.5, 0.6) is 0 Å². The van der Waals surface area contributed by atoms with Crippen LogP contribution >= 0.6 is 69.6 Å². The highest BCUT2D eigenvalue weighted by molar-refractivity contribution is 6.67. The van der Waals surface area contributed by atoms with Gasteiger partial charge in [-0.3, -0.25) is 24.5 Å². The summed E-state index contributed by atoms with van der Waals surface area (Å²) in [7, 11) is 0. The summed E-state index contributed by atoms with van der Waals surface area (Å²) >= 11 is 39.1. The fourth-order valence-electron chi connectivity index (χ4n) is 5.05. The molecular weight excluding hydrogens is 567 g/mol. The number of hydrogen-bond acceptors (Lipinski definition) is 3. The van der Waals surface area contributed by atoms with E-state index in [4.69, 9.17) is 69.6 Å². The summed E-state index contributed by atoms with van der Waals surface area (Å²) in [4.78, 5) is 37.1. The molecule has 2 bridgehead atoms. The van der Waals surface area contributed by atoms with Crippen molar-refractivity contribution in [3.05, 3.63) is 63.4 Å². The van der Waals surface area contributed by atoms with Crippen molar-refractivity contribution in [2.24, 2.45) is 11.8 Å². The second-order valence-electron chi connectivity index (χ2n) is 8.54. The van der Waals surface area contributed by atoms with Gasteiger partial charge in [0.25, 0.3) is 5.91 Å². The van der Waals surface area contributed by atoms with Gasteiger partial charge in [-0.25, -0.2) is 4.90 Å². The average molecular weight is 582 g/mol. The van der Waals surface area contributed by atoms with Crippen molar-refractivity contribution >= 4 is 93.0 Å². The summed E-state index contributed by atoms with van der Waals surface area (Å²) in [6.45, 7) is 3.70. The van der Waals surface area contributed by atoms with Crippen molar-refractivity contribution in [3.8, 4) is 0 Å². The molecule has 0 radical (unpaired) electrons. The normalized spacial score (nSPS) is 31.5. The molecule has 178 valence electrons. The molecule has 4 atom stereocenters. The van der Waals surface area contributed by atoms with E-state index in [9.17, 15) is 14.4 Å². The van der Waals surface area contributed by atoms with Crippen molar-refractivity contribution in [2.45, 2.75) is 27.9 Å². The first-order valence-electron chi connectivity index (χ1n) is 10.1. The quantitative estimate of drug-likeness (QED) is 0.388. The number of nitrogens with zero attached hydrogens (tertiary/aromatic N) is 2. The summed E-state index contributed by atoms with van der Waals surface area (Å²) in [6, 6.07) is 9.80. The Morgan fingerprint density at radius 1 is 0.882 bits per heavy atom. The Labute approximate surface area is 224 Å². The number of carbonyl (C=O) groups excluding carboxylic acids is 3. The first kappa shape index (κ1) is 24.3. The highest BCUT2D eigenvalue weighted by atomic mass is 35.5. The molecule has 12 heteroatoms. The second kappa shape index (κ2) is 7.55. The van der Waals surface area contributed by atoms with E-state index in [-0.39, 0.29) is 21.3 Å². The molecule has 2 fully saturated rings. The molecule has 1 aromatic carbocycles. The number of benzene rings is 1. The van der Waals surface area contributed by atoms with E-state index in [1.807, 2.05) is 26.0 Å². The largest absolute Gasteiger partial charge is 0.274 e. The number of halogens is 6. The first-order valence-corrected chi connectivity index (χ1v) is 12.3. The summed E-state index contributed by atoms with van der Waals surface area (Å²) in [5.74, 6) is -4.29. The lowest BCUT2D eigenvalue weighted by atomic mass is 9.84. The third-order valence-corrected chi connectivity index (χ3v) is 11.0. The molecule has 0 unspecified atom stereocenters. The van der Waals surface area contributed by atoms with Gasteiger partial charge in [0.15, 0.2) is 4.33 Å². The molecule has 1 aromatic heterocycles.